The molecule has 0 radical (unpaired) electrons. The molecule has 1 unspecified atom stereocenters. The van der Waals surface area contributed by atoms with Crippen LogP contribution in [0.2, 0.25) is 0 Å². The third-order valence-electron chi connectivity index (χ3n) is 3.87. The Labute approximate surface area is 123 Å². The van der Waals surface area contributed by atoms with E-state index in [9.17, 15) is 14.9 Å². The Kier molecular flexibility index (Phi) is 4.74. The van der Waals surface area contributed by atoms with Crippen LogP contribution in [0.1, 0.15) is 36.5 Å². The molecule has 7 heteroatoms. The van der Waals surface area contributed by atoms with Gasteiger partial charge in [0.05, 0.1) is 4.92 Å². The maximum atomic E-state index is 12.4. The molecular weight excluding hydrogens is 272 g/mol. The highest BCUT2D eigenvalue weighted by atomic mass is 16.6. The number of nitro groups is 1. The largest absolute Gasteiger partial charge is 0.338 e. The molecule has 21 heavy (non-hydrogen) atoms. The standard InChI is InChI=1S/C14H20N4O3/c1-2-3-10-6-7-17(9-10)14(19)11-4-5-12(16-15)13(8-11)18(20)21/h4-5,8,10,16H,2-3,6-7,9,15H2,1H3. The van der Waals surface area contributed by atoms with Crippen LogP contribution in [0.15, 0.2) is 18.2 Å². The lowest BCUT2D eigenvalue weighted by atomic mass is 10.0. The predicted molar refractivity (Wildman–Crippen MR) is 79.8 cm³/mol. The van der Waals surface area contributed by atoms with Crippen molar-refractivity contribution in [2.75, 3.05) is 18.5 Å². The number of likely N-dealkylation sites (tertiary alicyclic amines) is 1. The molecule has 3 N–H and O–H groups in total. The van der Waals surface area contributed by atoms with Crippen molar-refractivity contribution in [3.8, 4) is 0 Å². The van der Waals surface area contributed by atoms with Gasteiger partial charge in [0.25, 0.3) is 11.6 Å². The van der Waals surface area contributed by atoms with Gasteiger partial charge in [-0.15, -0.1) is 0 Å². The number of nitrogens with two attached hydrogens (primary N) is 1. The summed E-state index contributed by atoms with van der Waals surface area (Å²) >= 11 is 0. The van der Waals surface area contributed by atoms with Crippen LogP contribution in [0, 0.1) is 16.0 Å². The molecular formula is C14H20N4O3. The fourth-order valence-corrected chi connectivity index (χ4v) is 2.78. The van der Waals surface area contributed by atoms with Crippen molar-refractivity contribution in [1.29, 1.82) is 0 Å². The van der Waals surface area contributed by atoms with Gasteiger partial charge < -0.3 is 10.3 Å². The van der Waals surface area contributed by atoms with Crippen molar-refractivity contribution in [3.63, 3.8) is 0 Å². The number of nitrogens with zero attached hydrogens (tertiary/aromatic N) is 2. The summed E-state index contributed by atoms with van der Waals surface area (Å²) < 4.78 is 0. The number of hydrogen-bond acceptors (Lipinski definition) is 5. The maximum absolute atomic E-state index is 12.4. The second-order valence-electron chi connectivity index (χ2n) is 5.33. The monoisotopic (exact) mass is 292 g/mol. The number of hydrazine groups is 1. The maximum Gasteiger partial charge on any atom is 0.294 e. The van der Waals surface area contributed by atoms with E-state index in [1.54, 1.807) is 11.0 Å². The van der Waals surface area contributed by atoms with E-state index in [4.69, 9.17) is 5.84 Å². The average Bonchev–Trinajstić information content (AvgIpc) is 2.94. The van der Waals surface area contributed by atoms with E-state index in [1.807, 2.05) is 0 Å². The van der Waals surface area contributed by atoms with Crippen LogP contribution in [0.4, 0.5) is 11.4 Å². The molecule has 1 heterocycles. The van der Waals surface area contributed by atoms with Crippen molar-refractivity contribution >= 4 is 17.3 Å². The molecule has 1 aliphatic rings. The second kappa shape index (κ2) is 6.53. The Balaban J connectivity index is 2.17. The van der Waals surface area contributed by atoms with Crippen LogP contribution < -0.4 is 11.3 Å². The number of nitrogen functional groups attached to an aromatic ring is 1. The molecule has 0 saturated carbocycles. The van der Waals surface area contributed by atoms with Gasteiger partial charge in [0, 0.05) is 24.7 Å². The first-order valence-electron chi connectivity index (χ1n) is 7.11. The van der Waals surface area contributed by atoms with Crippen LogP contribution >= 0.6 is 0 Å². The van der Waals surface area contributed by atoms with E-state index >= 15 is 0 Å². The third-order valence-corrected chi connectivity index (χ3v) is 3.87. The Morgan fingerprint density at radius 3 is 2.95 bits per heavy atom. The number of anilines is 1. The lowest BCUT2D eigenvalue weighted by molar-refractivity contribution is -0.384. The molecule has 1 amide bonds. The third kappa shape index (κ3) is 3.30. The first-order valence-corrected chi connectivity index (χ1v) is 7.11. The number of nitro benzene ring substituents is 1. The van der Waals surface area contributed by atoms with Crippen LogP contribution in [-0.2, 0) is 0 Å². The van der Waals surface area contributed by atoms with E-state index < -0.39 is 4.92 Å². The zero-order valence-corrected chi connectivity index (χ0v) is 12.0. The highest BCUT2D eigenvalue weighted by Gasteiger charge is 2.27. The predicted octanol–water partition coefficient (Wildman–Crippen LogP) is 2.14. The molecule has 1 fully saturated rings. The Morgan fingerprint density at radius 2 is 2.33 bits per heavy atom. The smallest absolute Gasteiger partial charge is 0.294 e. The highest BCUT2D eigenvalue weighted by molar-refractivity contribution is 5.95. The van der Waals surface area contributed by atoms with Gasteiger partial charge in [-0.1, -0.05) is 13.3 Å². The lowest BCUT2D eigenvalue weighted by Crippen LogP contribution is -2.28. The highest BCUT2D eigenvalue weighted by Crippen LogP contribution is 2.27. The lowest BCUT2D eigenvalue weighted by Gasteiger charge is -2.16. The first kappa shape index (κ1) is 15.2. The SMILES string of the molecule is CCCC1CCN(C(=O)c2ccc(NN)c([N+](=O)[O-])c2)C1. The zero-order valence-electron chi connectivity index (χ0n) is 12.0. The van der Waals surface area contributed by atoms with Gasteiger partial charge in [0.1, 0.15) is 5.69 Å². The van der Waals surface area contributed by atoms with E-state index in [1.165, 1.54) is 12.1 Å². The van der Waals surface area contributed by atoms with Gasteiger partial charge in [-0.05, 0) is 30.9 Å². The number of hydrogen-bond donors (Lipinski definition) is 2. The zero-order chi connectivity index (χ0) is 15.4. The summed E-state index contributed by atoms with van der Waals surface area (Å²) in [4.78, 5) is 24.6. The first-order chi connectivity index (χ1) is 10.1. The second-order valence-corrected chi connectivity index (χ2v) is 5.33. The molecule has 1 aromatic rings. The molecule has 1 atom stereocenters. The van der Waals surface area contributed by atoms with Crippen LogP contribution in [0.5, 0.6) is 0 Å². The summed E-state index contributed by atoms with van der Waals surface area (Å²) in [6.45, 7) is 3.58. The molecule has 2 rings (SSSR count). The van der Waals surface area contributed by atoms with Gasteiger partial charge in [0.15, 0.2) is 0 Å². The van der Waals surface area contributed by atoms with Gasteiger partial charge >= 0.3 is 0 Å². The summed E-state index contributed by atoms with van der Waals surface area (Å²) in [7, 11) is 0. The molecule has 1 aromatic carbocycles. The van der Waals surface area contributed by atoms with Crippen molar-refractivity contribution in [3.05, 3.63) is 33.9 Å². The fourth-order valence-electron chi connectivity index (χ4n) is 2.78. The van der Waals surface area contributed by atoms with Crippen LogP contribution in [-0.4, -0.2) is 28.8 Å². The fraction of sp³-hybridized carbons (Fsp3) is 0.500. The number of carbonyl (C=O) groups is 1. The minimum absolute atomic E-state index is 0.153. The summed E-state index contributed by atoms with van der Waals surface area (Å²) in [5, 5.41) is 11.0. The summed E-state index contributed by atoms with van der Waals surface area (Å²) in [5.41, 5.74) is 2.61. The van der Waals surface area contributed by atoms with E-state index in [-0.39, 0.29) is 17.3 Å². The van der Waals surface area contributed by atoms with Gasteiger partial charge in [-0.3, -0.25) is 20.8 Å². The summed E-state index contributed by atoms with van der Waals surface area (Å²) in [6, 6.07) is 4.31. The Hall–Kier alpha value is -2.15. The minimum Gasteiger partial charge on any atom is -0.338 e. The van der Waals surface area contributed by atoms with Gasteiger partial charge in [-0.2, -0.15) is 0 Å². The quantitative estimate of drug-likeness (QED) is 0.492. The van der Waals surface area contributed by atoms with E-state index in [2.05, 4.69) is 12.3 Å². The number of benzene rings is 1. The summed E-state index contributed by atoms with van der Waals surface area (Å²) in [6.07, 6.45) is 3.22. The van der Waals surface area contributed by atoms with E-state index in [0.29, 0.717) is 18.0 Å². The van der Waals surface area contributed by atoms with Crippen molar-refractivity contribution in [2.45, 2.75) is 26.2 Å². The number of nitrogens with one attached hydrogen (secondary N) is 1. The molecule has 1 saturated heterocycles. The van der Waals surface area contributed by atoms with Crippen molar-refractivity contribution in [2.24, 2.45) is 11.8 Å². The molecule has 0 bridgehead atoms. The molecule has 0 aliphatic carbocycles. The topological polar surface area (TPSA) is 102 Å². The minimum atomic E-state index is -0.546. The van der Waals surface area contributed by atoms with Crippen molar-refractivity contribution in [1.82, 2.24) is 4.90 Å². The van der Waals surface area contributed by atoms with Crippen LogP contribution in [0.3, 0.4) is 0 Å². The molecule has 1 aliphatic heterocycles. The molecule has 114 valence electrons. The van der Waals surface area contributed by atoms with Crippen molar-refractivity contribution < 1.29 is 9.72 Å². The molecule has 7 nitrogen and oxygen atoms in total. The number of rotatable bonds is 5. The van der Waals surface area contributed by atoms with E-state index in [0.717, 1.165) is 25.8 Å². The molecule has 0 spiro atoms. The van der Waals surface area contributed by atoms with Crippen LogP contribution in [0.25, 0.3) is 0 Å². The van der Waals surface area contributed by atoms with Gasteiger partial charge in [-0.25, -0.2) is 0 Å². The normalized spacial score (nSPS) is 17.8. The Morgan fingerprint density at radius 1 is 1.57 bits per heavy atom. The Bertz CT molecular complexity index is 547. The number of carbonyl (C=O) groups excluding carboxylic acids is 1. The summed E-state index contributed by atoms with van der Waals surface area (Å²) in [5.74, 6) is 5.63. The molecule has 0 aromatic heterocycles. The number of amides is 1. The average molecular weight is 292 g/mol. The van der Waals surface area contributed by atoms with Gasteiger partial charge in [0.2, 0.25) is 0 Å².